The van der Waals surface area contributed by atoms with E-state index in [9.17, 15) is 4.79 Å². The molecule has 0 aliphatic rings. The summed E-state index contributed by atoms with van der Waals surface area (Å²) in [7, 11) is 0. The van der Waals surface area contributed by atoms with Gasteiger partial charge in [-0.05, 0) is 49.8 Å². The smallest absolute Gasteiger partial charge is 0.237 e. The van der Waals surface area contributed by atoms with Gasteiger partial charge in [-0.3, -0.25) is 4.79 Å². The number of amides is 1. The van der Waals surface area contributed by atoms with E-state index in [0.717, 1.165) is 18.6 Å². The van der Waals surface area contributed by atoms with Gasteiger partial charge in [-0.1, -0.05) is 26.0 Å². The standard InChI is InChI=1S/C16H26N2O2/c1-12(2)13-6-8-14(9-7-13)20-11-5-4-10-16(3,18)15(17)19/h6-9,12H,4-5,10-11,18H2,1-3H3,(H2,17,19). The quantitative estimate of drug-likeness (QED) is 0.717. The van der Waals surface area contributed by atoms with Crippen LogP contribution in [0.1, 0.15) is 51.5 Å². The van der Waals surface area contributed by atoms with Crippen molar-refractivity contribution < 1.29 is 9.53 Å². The fraction of sp³-hybridized carbons (Fsp3) is 0.562. The lowest BCUT2D eigenvalue weighted by molar-refractivity contribution is -0.122. The van der Waals surface area contributed by atoms with Crippen LogP contribution in [0.3, 0.4) is 0 Å². The predicted molar refractivity (Wildman–Crippen MR) is 81.7 cm³/mol. The highest BCUT2D eigenvalue weighted by Crippen LogP contribution is 2.19. The van der Waals surface area contributed by atoms with E-state index in [1.54, 1.807) is 6.92 Å². The molecule has 0 saturated carbocycles. The average Bonchev–Trinajstić information content (AvgIpc) is 2.38. The second-order valence-corrected chi connectivity index (χ2v) is 5.81. The fourth-order valence-corrected chi connectivity index (χ4v) is 1.86. The Morgan fingerprint density at radius 1 is 1.25 bits per heavy atom. The fourth-order valence-electron chi connectivity index (χ4n) is 1.86. The molecule has 0 heterocycles. The van der Waals surface area contributed by atoms with Gasteiger partial charge in [0.15, 0.2) is 0 Å². The molecule has 0 aromatic heterocycles. The summed E-state index contributed by atoms with van der Waals surface area (Å²) in [6.07, 6.45) is 2.25. The van der Waals surface area contributed by atoms with Gasteiger partial charge in [0.1, 0.15) is 5.75 Å². The molecule has 0 bridgehead atoms. The molecule has 1 unspecified atom stereocenters. The minimum atomic E-state index is -0.918. The molecule has 4 heteroatoms. The molecule has 4 N–H and O–H groups in total. The van der Waals surface area contributed by atoms with E-state index in [-0.39, 0.29) is 0 Å². The molecule has 1 aromatic carbocycles. The Bertz CT molecular complexity index is 425. The Labute approximate surface area is 121 Å². The highest BCUT2D eigenvalue weighted by atomic mass is 16.5. The largest absolute Gasteiger partial charge is 0.494 e. The van der Waals surface area contributed by atoms with Crippen molar-refractivity contribution in [1.29, 1.82) is 0 Å². The van der Waals surface area contributed by atoms with Crippen LogP contribution < -0.4 is 16.2 Å². The van der Waals surface area contributed by atoms with Crippen molar-refractivity contribution in [3.8, 4) is 5.75 Å². The summed E-state index contributed by atoms with van der Waals surface area (Å²) in [5.41, 5.74) is 11.4. The Morgan fingerprint density at radius 2 is 1.85 bits per heavy atom. The summed E-state index contributed by atoms with van der Waals surface area (Å²) < 4.78 is 5.66. The number of ether oxygens (including phenoxy) is 1. The molecule has 0 aliphatic heterocycles. The molecule has 0 spiro atoms. The van der Waals surface area contributed by atoms with E-state index in [4.69, 9.17) is 16.2 Å². The van der Waals surface area contributed by atoms with Crippen molar-refractivity contribution in [1.82, 2.24) is 0 Å². The lowest BCUT2D eigenvalue weighted by atomic mass is 9.96. The number of hydrogen-bond acceptors (Lipinski definition) is 3. The van der Waals surface area contributed by atoms with Gasteiger partial charge >= 0.3 is 0 Å². The molecule has 0 saturated heterocycles. The van der Waals surface area contributed by atoms with E-state index in [1.165, 1.54) is 5.56 Å². The zero-order chi connectivity index (χ0) is 15.2. The van der Waals surface area contributed by atoms with Crippen LogP contribution in [0.4, 0.5) is 0 Å². The van der Waals surface area contributed by atoms with Crippen LogP contribution in [0.2, 0.25) is 0 Å². The van der Waals surface area contributed by atoms with Crippen molar-refractivity contribution in [2.75, 3.05) is 6.61 Å². The summed E-state index contributed by atoms with van der Waals surface area (Å²) >= 11 is 0. The third kappa shape index (κ3) is 5.21. The molecule has 1 aromatic rings. The predicted octanol–water partition coefficient (Wildman–Crippen LogP) is 2.56. The van der Waals surface area contributed by atoms with Crippen LogP contribution in [0.5, 0.6) is 5.75 Å². The van der Waals surface area contributed by atoms with Crippen LogP contribution in [0, 0.1) is 0 Å². The van der Waals surface area contributed by atoms with Gasteiger partial charge in [0.25, 0.3) is 0 Å². The number of primary amides is 1. The Hall–Kier alpha value is -1.55. The van der Waals surface area contributed by atoms with Gasteiger partial charge in [0, 0.05) is 0 Å². The van der Waals surface area contributed by atoms with Gasteiger partial charge in [0.05, 0.1) is 12.1 Å². The second kappa shape index (κ2) is 7.29. The van der Waals surface area contributed by atoms with Crippen molar-refractivity contribution >= 4 is 5.91 Å². The highest BCUT2D eigenvalue weighted by molar-refractivity contribution is 5.83. The third-order valence-electron chi connectivity index (χ3n) is 3.47. The highest BCUT2D eigenvalue weighted by Gasteiger charge is 2.24. The van der Waals surface area contributed by atoms with Crippen molar-refractivity contribution in [2.45, 2.75) is 51.5 Å². The molecule has 1 amide bonds. The lowest BCUT2D eigenvalue weighted by Crippen LogP contribution is -2.49. The molecule has 112 valence electrons. The van der Waals surface area contributed by atoms with Crippen LogP contribution in [-0.2, 0) is 4.79 Å². The first-order valence-electron chi connectivity index (χ1n) is 7.14. The Balaban J connectivity index is 2.26. The van der Waals surface area contributed by atoms with E-state index in [1.807, 2.05) is 12.1 Å². The Kier molecular flexibility index (Phi) is 6.02. The van der Waals surface area contributed by atoms with Gasteiger partial charge < -0.3 is 16.2 Å². The first-order valence-corrected chi connectivity index (χ1v) is 7.14. The van der Waals surface area contributed by atoms with E-state index in [0.29, 0.717) is 18.9 Å². The number of carbonyl (C=O) groups is 1. The van der Waals surface area contributed by atoms with Gasteiger partial charge in [-0.25, -0.2) is 0 Å². The minimum Gasteiger partial charge on any atom is -0.494 e. The monoisotopic (exact) mass is 278 g/mol. The molecule has 4 nitrogen and oxygen atoms in total. The average molecular weight is 278 g/mol. The zero-order valence-corrected chi connectivity index (χ0v) is 12.7. The molecule has 1 atom stereocenters. The van der Waals surface area contributed by atoms with Gasteiger partial charge in [-0.15, -0.1) is 0 Å². The molecule has 1 rings (SSSR count). The lowest BCUT2D eigenvalue weighted by Gasteiger charge is -2.19. The normalized spacial score (nSPS) is 14.1. The maximum absolute atomic E-state index is 11.1. The maximum Gasteiger partial charge on any atom is 0.237 e. The minimum absolute atomic E-state index is 0.456. The van der Waals surface area contributed by atoms with E-state index >= 15 is 0 Å². The SMILES string of the molecule is CC(C)c1ccc(OCCCCC(C)(N)C(N)=O)cc1. The van der Waals surface area contributed by atoms with Gasteiger partial charge in [-0.2, -0.15) is 0 Å². The summed E-state index contributed by atoms with van der Waals surface area (Å²) in [6.45, 7) is 6.62. The second-order valence-electron chi connectivity index (χ2n) is 5.81. The number of hydrogen-bond donors (Lipinski definition) is 2. The number of rotatable bonds is 8. The summed E-state index contributed by atoms with van der Waals surface area (Å²) in [6, 6.07) is 8.16. The molecular formula is C16H26N2O2. The molecule has 0 fully saturated rings. The summed E-state index contributed by atoms with van der Waals surface area (Å²) in [5.74, 6) is 0.947. The molecule has 20 heavy (non-hydrogen) atoms. The van der Waals surface area contributed by atoms with Crippen molar-refractivity contribution in [2.24, 2.45) is 11.5 Å². The summed E-state index contributed by atoms with van der Waals surface area (Å²) in [4.78, 5) is 11.1. The van der Waals surface area contributed by atoms with E-state index in [2.05, 4.69) is 26.0 Å². The first kappa shape index (κ1) is 16.5. The number of nitrogens with two attached hydrogens (primary N) is 2. The molecule has 0 radical (unpaired) electrons. The molecular weight excluding hydrogens is 252 g/mol. The molecule has 0 aliphatic carbocycles. The first-order chi connectivity index (χ1) is 9.33. The van der Waals surface area contributed by atoms with Crippen LogP contribution in [0.25, 0.3) is 0 Å². The number of benzene rings is 1. The summed E-state index contributed by atoms with van der Waals surface area (Å²) in [5, 5.41) is 0. The van der Waals surface area contributed by atoms with Crippen LogP contribution in [-0.4, -0.2) is 18.1 Å². The van der Waals surface area contributed by atoms with E-state index < -0.39 is 11.4 Å². The van der Waals surface area contributed by atoms with Crippen molar-refractivity contribution in [3.05, 3.63) is 29.8 Å². The maximum atomic E-state index is 11.1. The number of unbranched alkanes of at least 4 members (excludes halogenated alkanes) is 1. The topological polar surface area (TPSA) is 78.3 Å². The van der Waals surface area contributed by atoms with Gasteiger partial charge in [0.2, 0.25) is 5.91 Å². The van der Waals surface area contributed by atoms with Crippen LogP contribution >= 0.6 is 0 Å². The zero-order valence-electron chi connectivity index (χ0n) is 12.7. The van der Waals surface area contributed by atoms with Crippen molar-refractivity contribution in [3.63, 3.8) is 0 Å². The third-order valence-corrected chi connectivity index (χ3v) is 3.47. The van der Waals surface area contributed by atoms with Crippen LogP contribution in [0.15, 0.2) is 24.3 Å². The Morgan fingerprint density at radius 3 is 2.35 bits per heavy atom. The number of carbonyl (C=O) groups excluding carboxylic acids is 1.